The van der Waals surface area contributed by atoms with Crippen molar-refractivity contribution in [3.63, 3.8) is 0 Å². The standard InChI is InChI=1S/C23H25ClN4O2/c1-16-13-14-28(15-16)20-11-9-19(10-12-20)25-21(29)3-2-4-22-26-23(27-30-22)17-5-7-18(24)8-6-17/h5-12,16H,2-4,13-15H2,1H3,(H,25,29). The fourth-order valence-electron chi connectivity index (χ4n) is 3.62. The van der Waals surface area contributed by atoms with Gasteiger partial charge in [-0.25, -0.2) is 0 Å². The topological polar surface area (TPSA) is 71.3 Å². The molecule has 0 saturated carbocycles. The third-order valence-electron chi connectivity index (χ3n) is 5.31. The molecule has 7 heteroatoms. The van der Waals surface area contributed by atoms with Crippen LogP contribution in [0.1, 0.15) is 32.1 Å². The number of aromatic nitrogens is 2. The first-order chi connectivity index (χ1) is 14.6. The van der Waals surface area contributed by atoms with Gasteiger partial charge in [-0.15, -0.1) is 0 Å². The number of benzene rings is 2. The van der Waals surface area contributed by atoms with Crippen molar-refractivity contribution < 1.29 is 9.32 Å². The van der Waals surface area contributed by atoms with E-state index in [1.54, 1.807) is 12.1 Å². The summed E-state index contributed by atoms with van der Waals surface area (Å²) in [4.78, 5) is 19.0. The third-order valence-corrected chi connectivity index (χ3v) is 5.56. The van der Waals surface area contributed by atoms with Crippen LogP contribution in [0.15, 0.2) is 53.1 Å². The predicted octanol–water partition coefficient (Wildman–Crippen LogP) is 5.20. The maximum atomic E-state index is 12.2. The normalized spacial score (nSPS) is 16.1. The highest BCUT2D eigenvalue weighted by Gasteiger charge is 2.18. The van der Waals surface area contributed by atoms with Gasteiger partial charge in [-0.3, -0.25) is 4.79 Å². The van der Waals surface area contributed by atoms with Crippen molar-refractivity contribution in [2.24, 2.45) is 5.92 Å². The second-order valence-corrected chi connectivity index (χ2v) is 8.24. The fourth-order valence-corrected chi connectivity index (χ4v) is 3.75. The molecule has 2 heterocycles. The maximum Gasteiger partial charge on any atom is 0.226 e. The van der Waals surface area contributed by atoms with E-state index >= 15 is 0 Å². The minimum Gasteiger partial charge on any atom is -0.371 e. The van der Waals surface area contributed by atoms with Crippen molar-refractivity contribution in [1.29, 1.82) is 0 Å². The molecule has 156 valence electrons. The van der Waals surface area contributed by atoms with E-state index in [4.69, 9.17) is 16.1 Å². The second-order valence-electron chi connectivity index (χ2n) is 7.81. The lowest BCUT2D eigenvalue weighted by atomic mass is 10.2. The molecule has 3 aromatic rings. The Balaban J connectivity index is 1.23. The molecule has 1 aliphatic rings. The molecule has 1 atom stereocenters. The molecule has 1 saturated heterocycles. The summed E-state index contributed by atoms with van der Waals surface area (Å²) in [6, 6.07) is 15.3. The van der Waals surface area contributed by atoms with Crippen molar-refractivity contribution >= 4 is 28.9 Å². The van der Waals surface area contributed by atoms with E-state index in [0.29, 0.717) is 36.0 Å². The summed E-state index contributed by atoms with van der Waals surface area (Å²) in [5, 5.41) is 7.61. The summed E-state index contributed by atoms with van der Waals surface area (Å²) in [7, 11) is 0. The lowest BCUT2D eigenvalue weighted by Crippen LogP contribution is -2.19. The van der Waals surface area contributed by atoms with Crippen LogP contribution in [-0.4, -0.2) is 29.1 Å². The van der Waals surface area contributed by atoms with E-state index in [2.05, 4.69) is 39.4 Å². The molecule has 0 spiro atoms. The van der Waals surface area contributed by atoms with Crippen LogP contribution >= 0.6 is 11.6 Å². The Labute approximate surface area is 181 Å². The largest absolute Gasteiger partial charge is 0.371 e. The Kier molecular flexibility index (Phi) is 6.33. The lowest BCUT2D eigenvalue weighted by molar-refractivity contribution is -0.116. The number of carbonyl (C=O) groups is 1. The minimum absolute atomic E-state index is 0.0185. The molecule has 4 rings (SSSR count). The quantitative estimate of drug-likeness (QED) is 0.564. The number of halogens is 1. The summed E-state index contributed by atoms with van der Waals surface area (Å²) in [5.41, 5.74) is 2.88. The monoisotopic (exact) mass is 424 g/mol. The molecule has 0 bridgehead atoms. The first-order valence-electron chi connectivity index (χ1n) is 10.3. The lowest BCUT2D eigenvalue weighted by Gasteiger charge is -2.18. The molecule has 2 aromatic carbocycles. The maximum absolute atomic E-state index is 12.2. The second kappa shape index (κ2) is 9.30. The number of rotatable bonds is 7. The number of nitrogens with zero attached hydrogens (tertiary/aromatic N) is 3. The van der Waals surface area contributed by atoms with Crippen molar-refractivity contribution in [1.82, 2.24) is 10.1 Å². The molecule has 30 heavy (non-hydrogen) atoms. The van der Waals surface area contributed by atoms with Gasteiger partial charge in [-0.2, -0.15) is 4.98 Å². The number of carbonyl (C=O) groups excluding carboxylic acids is 1. The number of aryl methyl sites for hydroxylation is 1. The number of hydrogen-bond donors (Lipinski definition) is 1. The summed E-state index contributed by atoms with van der Waals surface area (Å²) in [6.45, 7) is 4.48. The molecule has 1 amide bonds. The van der Waals surface area contributed by atoms with Gasteiger partial charge in [0.05, 0.1) is 0 Å². The van der Waals surface area contributed by atoms with E-state index in [1.807, 2.05) is 24.3 Å². The number of hydrogen-bond acceptors (Lipinski definition) is 5. The van der Waals surface area contributed by atoms with Crippen LogP contribution in [0.25, 0.3) is 11.4 Å². The molecule has 6 nitrogen and oxygen atoms in total. The van der Waals surface area contributed by atoms with E-state index in [-0.39, 0.29) is 5.91 Å². The number of nitrogens with one attached hydrogen (secondary N) is 1. The summed E-state index contributed by atoms with van der Waals surface area (Å²) < 4.78 is 5.29. The Hall–Kier alpha value is -2.86. The molecule has 0 radical (unpaired) electrons. The van der Waals surface area contributed by atoms with Gasteiger partial charge in [0, 0.05) is 47.9 Å². The SMILES string of the molecule is CC1CCN(c2ccc(NC(=O)CCCc3nc(-c4ccc(Cl)cc4)no3)cc2)C1. The van der Waals surface area contributed by atoms with Crippen LogP contribution in [0.5, 0.6) is 0 Å². The molecular formula is C23H25ClN4O2. The van der Waals surface area contributed by atoms with Crippen LogP contribution in [0.2, 0.25) is 5.02 Å². The third kappa shape index (κ3) is 5.19. The van der Waals surface area contributed by atoms with Gasteiger partial charge in [0.25, 0.3) is 0 Å². The van der Waals surface area contributed by atoms with E-state index in [9.17, 15) is 4.79 Å². The van der Waals surface area contributed by atoms with E-state index in [0.717, 1.165) is 30.3 Å². The van der Waals surface area contributed by atoms with Gasteiger partial charge >= 0.3 is 0 Å². The summed E-state index contributed by atoms with van der Waals surface area (Å²) in [6.07, 6.45) is 2.82. The molecule has 1 unspecified atom stereocenters. The van der Waals surface area contributed by atoms with Crippen LogP contribution in [0, 0.1) is 5.92 Å². The van der Waals surface area contributed by atoms with Crippen LogP contribution in [0.3, 0.4) is 0 Å². The van der Waals surface area contributed by atoms with Crippen molar-refractivity contribution in [2.75, 3.05) is 23.3 Å². The van der Waals surface area contributed by atoms with Gasteiger partial charge in [0.2, 0.25) is 17.6 Å². The Morgan fingerprint density at radius 2 is 1.97 bits per heavy atom. The fraction of sp³-hybridized carbons (Fsp3) is 0.348. The Morgan fingerprint density at radius 1 is 1.20 bits per heavy atom. The van der Waals surface area contributed by atoms with Gasteiger partial charge in [-0.1, -0.05) is 23.7 Å². The van der Waals surface area contributed by atoms with Crippen molar-refractivity contribution in [3.8, 4) is 11.4 Å². The highest BCUT2D eigenvalue weighted by molar-refractivity contribution is 6.30. The number of amides is 1. The number of anilines is 2. The molecular weight excluding hydrogens is 400 g/mol. The summed E-state index contributed by atoms with van der Waals surface area (Å²) in [5.74, 6) is 1.77. The predicted molar refractivity (Wildman–Crippen MR) is 119 cm³/mol. The van der Waals surface area contributed by atoms with Gasteiger partial charge in [0.15, 0.2) is 0 Å². The average Bonchev–Trinajstić information content (AvgIpc) is 3.38. The Morgan fingerprint density at radius 3 is 2.67 bits per heavy atom. The zero-order chi connectivity index (χ0) is 20.9. The Bertz CT molecular complexity index is 985. The van der Waals surface area contributed by atoms with Crippen LogP contribution in [-0.2, 0) is 11.2 Å². The zero-order valence-electron chi connectivity index (χ0n) is 17.0. The molecule has 0 aliphatic carbocycles. The highest BCUT2D eigenvalue weighted by Crippen LogP contribution is 2.25. The zero-order valence-corrected chi connectivity index (χ0v) is 17.7. The first-order valence-corrected chi connectivity index (χ1v) is 10.7. The molecule has 1 aliphatic heterocycles. The summed E-state index contributed by atoms with van der Waals surface area (Å²) >= 11 is 5.90. The minimum atomic E-state index is -0.0185. The average molecular weight is 425 g/mol. The van der Waals surface area contributed by atoms with E-state index < -0.39 is 0 Å². The van der Waals surface area contributed by atoms with E-state index in [1.165, 1.54) is 12.1 Å². The van der Waals surface area contributed by atoms with Crippen molar-refractivity contribution in [3.05, 3.63) is 59.4 Å². The highest BCUT2D eigenvalue weighted by atomic mass is 35.5. The van der Waals surface area contributed by atoms with Gasteiger partial charge in [-0.05, 0) is 67.3 Å². The van der Waals surface area contributed by atoms with Crippen molar-refractivity contribution in [2.45, 2.75) is 32.6 Å². The van der Waals surface area contributed by atoms with Gasteiger partial charge < -0.3 is 14.7 Å². The molecule has 1 N–H and O–H groups in total. The molecule has 1 fully saturated rings. The smallest absolute Gasteiger partial charge is 0.226 e. The first kappa shape index (κ1) is 20.4. The molecule has 1 aromatic heterocycles. The van der Waals surface area contributed by atoms with Gasteiger partial charge in [0.1, 0.15) is 0 Å². The van der Waals surface area contributed by atoms with Crippen LogP contribution < -0.4 is 10.2 Å². The van der Waals surface area contributed by atoms with Crippen LogP contribution in [0.4, 0.5) is 11.4 Å².